The van der Waals surface area contributed by atoms with Crippen LogP contribution in [0.15, 0.2) is 30.3 Å². The van der Waals surface area contributed by atoms with Crippen LogP contribution in [0.4, 0.5) is 0 Å². The van der Waals surface area contributed by atoms with Crippen LogP contribution in [-0.4, -0.2) is 11.7 Å². The van der Waals surface area contributed by atoms with Gasteiger partial charge in [0.15, 0.2) is 0 Å². The lowest BCUT2D eigenvalue weighted by atomic mass is 9.92. The maximum absolute atomic E-state index is 10.0. The third-order valence-electron chi connectivity index (χ3n) is 2.55. The van der Waals surface area contributed by atoms with Crippen LogP contribution in [0.3, 0.4) is 0 Å². The zero-order valence-corrected chi connectivity index (χ0v) is 8.69. The molecule has 1 rings (SSSR count). The minimum atomic E-state index is -0.416. The van der Waals surface area contributed by atoms with E-state index in [1.807, 2.05) is 30.3 Å². The second-order valence-electron chi connectivity index (χ2n) is 3.64. The van der Waals surface area contributed by atoms with Crippen molar-refractivity contribution >= 4 is 0 Å². The average Bonchev–Trinajstić information content (AvgIpc) is 2.26. The number of benzene rings is 1. The van der Waals surface area contributed by atoms with E-state index in [9.17, 15) is 5.11 Å². The zero-order chi connectivity index (χ0) is 10.4. The second-order valence-corrected chi connectivity index (χ2v) is 3.64. The summed E-state index contributed by atoms with van der Waals surface area (Å²) in [4.78, 5) is 0. The summed E-state index contributed by atoms with van der Waals surface area (Å²) in [6.45, 7) is 2.66. The first-order chi connectivity index (χ1) is 6.79. The highest BCUT2D eigenvalue weighted by atomic mass is 16.3. The molecule has 0 radical (unpaired) electrons. The smallest absolute Gasteiger partial charge is 0.0830 e. The molecule has 0 bridgehead atoms. The van der Waals surface area contributed by atoms with Crippen molar-refractivity contribution in [2.75, 3.05) is 6.54 Å². The molecule has 0 spiro atoms. The van der Waals surface area contributed by atoms with E-state index in [1.54, 1.807) is 0 Å². The fourth-order valence-electron chi connectivity index (χ4n) is 1.70. The molecule has 0 unspecified atom stereocenters. The van der Waals surface area contributed by atoms with Gasteiger partial charge < -0.3 is 10.8 Å². The predicted molar refractivity (Wildman–Crippen MR) is 58.9 cm³/mol. The Hall–Kier alpha value is -0.860. The Balaban J connectivity index is 2.67. The maximum Gasteiger partial charge on any atom is 0.0830 e. The van der Waals surface area contributed by atoms with Gasteiger partial charge in [-0.15, -0.1) is 0 Å². The summed E-state index contributed by atoms with van der Waals surface area (Å²) in [6.07, 6.45) is 1.62. The van der Waals surface area contributed by atoms with Gasteiger partial charge in [0.1, 0.15) is 0 Å². The first-order valence-electron chi connectivity index (χ1n) is 5.22. The van der Waals surface area contributed by atoms with E-state index in [0.717, 1.165) is 18.4 Å². The van der Waals surface area contributed by atoms with E-state index in [1.165, 1.54) is 0 Å². The third-order valence-corrected chi connectivity index (χ3v) is 2.55. The van der Waals surface area contributed by atoms with Crippen molar-refractivity contribution in [1.82, 2.24) is 0 Å². The molecular formula is C12H19NO. The quantitative estimate of drug-likeness (QED) is 0.752. The van der Waals surface area contributed by atoms with Crippen molar-refractivity contribution in [3.63, 3.8) is 0 Å². The molecule has 0 saturated carbocycles. The van der Waals surface area contributed by atoms with Gasteiger partial charge >= 0.3 is 0 Å². The Morgan fingerprint density at radius 2 is 1.93 bits per heavy atom. The van der Waals surface area contributed by atoms with E-state index < -0.39 is 6.10 Å². The molecule has 0 aliphatic heterocycles. The van der Waals surface area contributed by atoms with Crippen LogP contribution in [0, 0.1) is 5.92 Å². The molecule has 78 valence electrons. The zero-order valence-electron chi connectivity index (χ0n) is 8.69. The Morgan fingerprint density at radius 3 is 2.43 bits per heavy atom. The van der Waals surface area contributed by atoms with Gasteiger partial charge in [0, 0.05) is 5.92 Å². The molecule has 0 aliphatic carbocycles. The molecule has 14 heavy (non-hydrogen) atoms. The molecule has 0 saturated heterocycles. The minimum absolute atomic E-state index is 0.183. The van der Waals surface area contributed by atoms with Crippen LogP contribution in [-0.2, 0) is 0 Å². The Bertz CT molecular complexity index is 248. The van der Waals surface area contributed by atoms with E-state index >= 15 is 0 Å². The fraction of sp³-hybridized carbons (Fsp3) is 0.500. The first-order valence-corrected chi connectivity index (χ1v) is 5.22. The van der Waals surface area contributed by atoms with Crippen LogP contribution >= 0.6 is 0 Å². The Labute approximate surface area is 85.8 Å². The van der Waals surface area contributed by atoms with Gasteiger partial charge in [0.25, 0.3) is 0 Å². The second kappa shape index (κ2) is 5.78. The highest BCUT2D eigenvalue weighted by molar-refractivity contribution is 5.18. The van der Waals surface area contributed by atoms with Crippen molar-refractivity contribution in [2.45, 2.75) is 25.9 Å². The summed E-state index contributed by atoms with van der Waals surface area (Å²) in [5.74, 6) is 0.183. The van der Waals surface area contributed by atoms with Gasteiger partial charge in [-0.25, -0.2) is 0 Å². The monoisotopic (exact) mass is 193 g/mol. The number of hydrogen-bond donors (Lipinski definition) is 2. The molecule has 2 nitrogen and oxygen atoms in total. The lowest BCUT2D eigenvalue weighted by Crippen LogP contribution is -2.21. The maximum atomic E-state index is 10.0. The van der Waals surface area contributed by atoms with Crippen LogP contribution in [0.5, 0.6) is 0 Å². The van der Waals surface area contributed by atoms with E-state index in [2.05, 4.69) is 6.92 Å². The van der Waals surface area contributed by atoms with Gasteiger partial charge in [-0.05, 0) is 18.5 Å². The molecule has 0 aromatic heterocycles. The standard InChI is InChI=1S/C12H19NO/c1-2-6-11(9-13)12(14)10-7-4-3-5-8-10/h3-5,7-8,11-12,14H,2,6,9,13H2,1H3/t11-,12+/m1/s1. The molecule has 1 aromatic rings. The Morgan fingerprint density at radius 1 is 1.29 bits per heavy atom. The van der Waals surface area contributed by atoms with Crippen molar-refractivity contribution in [3.8, 4) is 0 Å². The molecule has 0 fully saturated rings. The summed E-state index contributed by atoms with van der Waals surface area (Å²) in [7, 11) is 0. The number of rotatable bonds is 5. The predicted octanol–water partition coefficient (Wildman–Crippen LogP) is 2.09. The highest BCUT2D eigenvalue weighted by Gasteiger charge is 2.17. The van der Waals surface area contributed by atoms with Crippen molar-refractivity contribution in [2.24, 2.45) is 11.7 Å². The minimum Gasteiger partial charge on any atom is -0.388 e. The average molecular weight is 193 g/mol. The Kier molecular flexibility index (Phi) is 4.63. The van der Waals surface area contributed by atoms with E-state index in [-0.39, 0.29) is 5.92 Å². The molecule has 0 heterocycles. The molecule has 0 aliphatic rings. The third kappa shape index (κ3) is 2.82. The van der Waals surface area contributed by atoms with Crippen molar-refractivity contribution in [3.05, 3.63) is 35.9 Å². The van der Waals surface area contributed by atoms with Gasteiger partial charge in [-0.2, -0.15) is 0 Å². The lowest BCUT2D eigenvalue weighted by molar-refractivity contribution is 0.107. The lowest BCUT2D eigenvalue weighted by Gasteiger charge is -2.21. The number of hydrogen-bond acceptors (Lipinski definition) is 2. The first kappa shape index (κ1) is 11.2. The van der Waals surface area contributed by atoms with Gasteiger partial charge in [0.2, 0.25) is 0 Å². The SMILES string of the molecule is CCC[C@H](CN)[C@@H](O)c1ccccc1. The molecule has 2 heteroatoms. The summed E-state index contributed by atoms with van der Waals surface area (Å²) in [6, 6.07) is 9.73. The number of nitrogens with two attached hydrogens (primary N) is 1. The summed E-state index contributed by atoms with van der Waals surface area (Å²) in [5.41, 5.74) is 6.61. The number of aliphatic hydroxyl groups is 1. The van der Waals surface area contributed by atoms with E-state index in [0.29, 0.717) is 6.54 Å². The van der Waals surface area contributed by atoms with Crippen LogP contribution in [0.25, 0.3) is 0 Å². The fourth-order valence-corrected chi connectivity index (χ4v) is 1.70. The van der Waals surface area contributed by atoms with Crippen molar-refractivity contribution in [1.29, 1.82) is 0 Å². The topological polar surface area (TPSA) is 46.2 Å². The van der Waals surface area contributed by atoms with Crippen LogP contribution in [0.1, 0.15) is 31.4 Å². The summed E-state index contributed by atoms with van der Waals surface area (Å²) >= 11 is 0. The molecule has 2 atom stereocenters. The van der Waals surface area contributed by atoms with Crippen molar-refractivity contribution < 1.29 is 5.11 Å². The molecule has 1 aromatic carbocycles. The van der Waals surface area contributed by atoms with Gasteiger partial charge in [-0.3, -0.25) is 0 Å². The van der Waals surface area contributed by atoms with Crippen LogP contribution in [0.2, 0.25) is 0 Å². The number of aliphatic hydroxyl groups excluding tert-OH is 1. The molecular weight excluding hydrogens is 174 g/mol. The molecule has 0 amide bonds. The summed E-state index contributed by atoms with van der Waals surface area (Å²) in [5, 5.41) is 10.0. The largest absolute Gasteiger partial charge is 0.388 e. The van der Waals surface area contributed by atoms with Gasteiger partial charge in [0.05, 0.1) is 6.10 Å². The molecule has 3 N–H and O–H groups in total. The van der Waals surface area contributed by atoms with Gasteiger partial charge in [-0.1, -0.05) is 43.7 Å². The normalized spacial score (nSPS) is 15.1. The highest BCUT2D eigenvalue weighted by Crippen LogP contribution is 2.24. The van der Waals surface area contributed by atoms with Crippen LogP contribution < -0.4 is 5.73 Å². The van der Waals surface area contributed by atoms with E-state index in [4.69, 9.17) is 5.73 Å². The summed E-state index contributed by atoms with van der Waals surface area (Å²) < 4.78 is 0.